The van der Waals surface area contributed by atoms with Crippen LogP contribution in [0.5, 0.6) is 0 Å². The zero-order chi connectivity index (χ0) is 22.6. The summed E-state index contributed by atoms with van der Waals surface area (Å²) < 4.78 is 38.0. The van der Waals surface area contributed by atoms with Crippen molar-refractivity contribution in [2.24, 2.45) is 5.92 Å². The number of nitrogens with zero attached hydrogens (tertiary/aromatic N) is 3. The molecule has 0 bridgehead atoms. The van der Waals surface area contributed by atoms with Gasteiger partial charge >= 0.3 is 6.18 Å². The minimum Gasteiger partial charge on any atom is -0.362 e. The molecular formula is C22H28F3N5O. The second-order valence-electron chi connectivity index (χ2n) is 8.24. The minimum atomic E-state index is -4.40. The third-order valence-electron chi connectivity index (χ3n) is 5.57. The van der Waals surface area contributed by atoms with Gasteiger partial charge in [-0.3, -0.25) is 4.79 Å². The SMILES string of the molecule is Cc1cnc(NCC2CCC(NC(=O)c3ccc(C(F)(F)F)cc3)CC2)nc1N(C)C. The lowest BCUT2D eigenvalue weighted by atomic mass is 9.86. The zero-order valence-electron chi connectivity index (χ0n) is 18.0. The Morgan fingerprint density at radius 1 is 1.13 bits per heavy atom. The second kappa shape index (κ2) is 9.53. The predicted octanol–water partition coefficient (Wildman–Crippen LogP) is 4.27. The number of benzene rings is 1. The van der Waals surface area contributed by atoms with Crippen molar-refractivity contribution >= 4 is 17.7 Å². The summed E-state index contributed by atoms with van der Waals surface area (Å²) in [7, 11) is 3.89. The monoisotopic (exact) mass is 435 g/mol. The average molecular weight is 435 g/mol. The van der Waals surface area contributed by atoms with E-state index in [0.717, 1.165) is 55.7 Å². The van der Waals surface area contributed by atoms with Gasteiger partial charge in [-0.2, -0.15) is 18.2 Å². The number of aromatic nitrogens is 2. The molecular weight excluding hydrogens is 407 g/mol. The molecule has 1 amide bonds. The molecule has 0 aliphatic heterocycles. The molecule has 0 saturated heterocycles. The molecule has 1 fully saturated rings. The molecule has 0 atom stereocenters. The Kier molecular flexibility index (Phi) is 7.02. The maximum absolute atomic E-state index is 12.7. The van der Waals surface area contributed by atoms with Gasteiger partial charge in [0.15, 0.2) is 0 Å². The summed E-state index contributed by atoms with van der Waals surface area (Å²) in [5, 5.41) is 6.25. The number of nitrogens with one attached hydrogen (secondary N) is 2. The van der Waals surface area contributed by atoms with Gasteiger partial charge < -0.3 is 15.5 Å². The first-order chi connectivity index (χ1) is 14.6. The fourth-order valence-corrected chi connectivity index (χ4v) is 3.80. The smallest absolute Gasteiger partial charge is 0.362 e. The standard InChI is InChI=1S/C22H28F3N5O/c1-14-12-26-21(29-19(14)30(2)3)27-13-15-4-10-18(11-5-15)28-20(31)16-6-8-17(9-7-16)22(23,24)25/h6-9,12,15,18H,4-5,10-11,13H2,1-3H3,(H,28,31)(H,26,27,29). The quantitative estimate of drug-likeness (QED) is 0.709. The Morgan fingerprint density at radius 2 is 1.77 bits per heavy atom. The Balaban J connectivity index is 1.45. The van der Waals surface area contributed by atoms with Gasteiger partial charge in [0.05, 0.1) is 5.56 Å². The molecule has 1 saturated carbocycles. The Labute approximate surface area is 180 Å². The van der Waals surface area contributed by atoms with Crippen molar-refractivity contribution in [1.29, 1.82) is 0 Å². The van der Waals surface area contributed by atoms with Crippen LogP contribution in [-0.2, 0) is 6.18 Å². The number of aryl methyl sites for hydroxylation is 1. The number of amides is 1. The summed E-state index contributed by atoms with van der Waals surface area (Å²) in [6.45, 7) is 2.73. The van der Waals surface area contributed by atoms with E-state index in [1.54, 1.807) is 6.20 Å². The third kappa shape index (κ3) is 6.08. The summed E-state index contributed by atoms with van der Waals surface area (Å²) in [5.74, 6) is 1.60. The highest BCUT2D eigenvalue weighted by atomic mass is 19.4. The summed E-state index contributed by atoms with van der Waals surface area (Å²) in [6.07, 6.45) is 0.943. The molecule has 9 heteroatoms. The topological polar surface area (TPSA) is 70.1 Å². The van der Waals surface area contributed by atoms with Crippen LogP contribution in [0.3, 0.4) is 0 Å². The van der Waals surface area contributed by atoms with E-state index in [1.807, 2.05) is 25.9 Å². The first-order valence-corrected chi connectivity index (χ1v) is 10.4. The highest BCUT2D eigenvalue weighted by molar-refractivity contribution is 5.94. The summed E-state index contributed by atoms with van der Waals surface area (Å²) in [4.78, 5) is 23.2. The van der Waals surface area contributed by atoms with Gasteiger partial charge in [-0.1, -0.05) is 0 Å². The van der Waals surface area contributed by atoms with Crippen LogP contribution >= 0.6 is 0 Å². The van der Waals surface area contributed by atoms with E-state index >= 15 is 0 Å². The van der Waals surface area contributed by atoms with Gasteiger partial charge in [0, 0.05) is 44.0 Å². The fraction of sp³-hybridized carbons (Fsp3) is 0.500. The van der Waals surface area contributed by atoms with E-state index in [2.05, 4.69) is 20.6 Å². The first-order valence-electron chi connectivity index (χ1n) is 10.4. The molecule has 2 N–H and O–H groups in total. The van der Waals surface area contributed by atoms with Gasteiger partial charge in [0.2, 0.25) is 5.95 Å². The molecule has 2 aromatic rings. The Hall–Kier alpha value is -2.84. The maximum Gasteiger partial charge on any atom is 0.416 e. The average Bonchev–Trinajstić information content (AvgIpc) is 2.73. The van der Waals surface area contributed by atoms with Crippen LogP contribution in [0.1, 0.15) is 47.2 Å². The summed E-state index contributed by atoms with van der Waals surface area (Å²) in [5.41, 5.74) is 0.497. The number of halogens is 3. The van der Waals surface area contributed by atoms with Crippen LogP contribution in [0.4, 0.5) is 24.9 Å². The van der Waals surface area contributed by atoms with E-state index in [0.29, 0.717) is 11.9 Å². The first kappa shape index (κ1) is 22.8. The molecule has 6 nitrogen and oxygen atoms in total. The largest absolute Gasteiger partial charge is 0.416 e. The molecule has 0 spiro atoms. The molecule has 0 radical (unpaired) electrons. The number of hydrogen-bond donors (Lipinski definition) is 2. The van der Waals surface area contributed by atoms with E-state index in [4.69, 9.17) is 0 Å². The van der Waals surface area contributed by atoms with Crippen molar-refractivity contribution in [2.45, 2.75) is 44.8 Å². The highest BCUT2D eigenvalue weighted by Crippen LogP contribution is 2.29. The molecule has 1 aromatic heterocycles. The lowest BCUT2D eigenvalue weighted by Gasteiger charge is -2.29. The molecule has 0 unspecified atom stereocenters. The van der Waals surface area contributed by atoms with Crippen LogP contribution in [-0.4, -0.2) is 42.6 Å². The lowest BCUT2D eigenvalue weighted by Crippen LogP contribution is -2.38. The third-order valence-corrected chi connectivity index (χ3v) is 5.57. The maximum atomic E-state index is 12.7. The summed E-state index contributed by atoms with van der Waals surface area (Å²) >= 11 is 0. The van der Waals surface area contributed by atoms with Gasteiger partial charge in [-0.25, -0.2) is 4.98 Å². The molecule has 1 aliphatic rings. The van der Waals surface area contributed by atoms with Crippen LogP contribution < -0.4 is 15.5 Å². The predicted molar refractivity (Wildman–Crippen MR) is 114 cm³/mol. The number of hydrogen-bond acceptors (Lipinski definition) is 5. The van der Waals surface area contributed by atoms with Gasteiger partial charge in [-0.05, 0) is 62.8 Å². The minimum absolute atomic E-state index is 0.0296. The highest BCUT2D eigenvalue weighted by Gasteiger charge is 2.30. The molecule has 31 heavy (non-hydrogen) atoms. The number of carbonyl (C=O) groups excluding carboxylic acids is 1. The van der Waals surface area contributed by atoms with Crippen LogP contribution in [0.25, 0.3) is 0 Å². The van der Waals surface area contributed by atoms with Crippen LogP contribution in [0, 0.1) is 12.8 Å². The lowest BCUT2D eigenvalue weighted by molar-refractivity contribution is -0.137. The number of anilines is 2. The molecule has 1 heterocycles. The van der Waals surface area contributed by atoms with Crippen molar-refractivity contribution in [3.05, 3.63) is 47.2 Å². The number of alkyl halides is 3. The molecule has 168 valence electrons. The normalized spacial score (nSPS) is 19.0. The van der Waals surface area contributed by atoms with E-state index in [-0.39, 0.29) is 17.5 Å². The zero-order valence-corrected chi connectivity index (χ0v) is 18.0. The fourth-order valence-electron chi connectivity index (χ4n) is 3.80. The van der Waals surface area contributed by atoms with E-state index in [1.165, 1.54) is 12.1 Å². The number of rotatable bonds is 6. The van der Waals surface area contributed by atoms with Crippen molar-refractivity contribution in [3.63, 3.8) is 0 Å². The second-order valence-corrected chi connectivity index (χ2v) is 8.24. The number of carbonyl (C=O) groups is 1. The Morgan fingerprint density at radius 3 is 2.35 bits per heavy atom. The van der Waals surface area contributed by atoms with Crippen molar-refractivity contribution in [2.75, 3.05) is 30.9 Å². The van der Waals surface area contributed by atoms with Crippen molar-refractivity contribution < 1.29 is 18.0 Å². The van der Waals surface area contributed by atoms with Crippen molar-refractivity contribution in [1.82, 2.24) is 15.3 Å². The van der Waals surface area contributed by atoms with Gasteiger partial charge in [-0.15, -0.1) is 0 Å². The van der Waals surface area contributed by atoms with Crippen molar-refractivity contribution in [3.8, 4) is 0 Å². The summed E-state index contributed by atoms with van der Waals surface area (Å²) in [6, 6.07) is 4.34. The van der Waals surface area contributed by atoms with Crippen LogP contribution in [0.15, 0.2) is 30.5 Å². The molecule has 1 aromatic carbocycles. The molecule has 3 rings (SSSR count). The van der Waals surface area contributed by atoms with Gasteiger partial charge in [0.25, 0.3) is 5.91 Å². The van der Waals surface area contributed by atoms with E-state index in [9.17, 15) is 18.0 Å². The van der Waals surface area contributed by atoms with Gasteiger partial charge in [0.1, 0.15) is 5.82 Å². The van der Waals surface area contributed by atoms with Crippen LogP contribution in [0.2, 0.25) is 0 Å². The Bertz CT molecular complexity index is 891. The molecule has 1 aliphatic carbocycles. The van der Waals surface area contributed by atoms with E-state index < -0.39 is 11.7 Å².